The molecule has 1 atom stereocenters. The molecule has 1 aliphatic rings. The topological polar surface area (TPSA) is 81.1 Å². The minimum absolute atomic E-state index is 0.0846. The lowest BCUT2D eigenvalue weighted by molar-refractivity contribution is -0.113. The highest BCUT2D eigenvalue weighted by atomic mass is 32.2. The van der Waals surface area contributed by atoms with Gasteiger partial charge >= 0.3 is 0 Å². The third-order valence-corrected chi connectivity index (χ3v) is 6.49. The van der Waals surface area contributed by atoms with Crippen LogP contribution in [0.3, 0.4) is 0 Å². The zero-order valence-corrected chi connectivity index (χ0v) is 21.3. The Morgan fingerprint density at radius 1 is 1.18 bits per heavy atom. The van der Waals surface area contributed by atoms with Crippen molar-refractivity contribution in [3.05, 3.63) is 70.4 Å². The van der Waals surface area contributed by atoms with Crippen molar-refractivity contribution in [2.75, 3.05) is 16.4 Å². The number of fused-ring (bicyclic) bond motifs is 1. The SMILES string of the molecule is CCSc1nc2n(n1)C(c1ccc(OC(C)C)cc1)C(C(=O)Nc1cccc(C)c1C)=C(C)N2. The average molecular weight is 478 g/mol. The first kappa shape index (κ1) is 23.9. The predicted molar refractivity (Wildman–Crippen MR) is 138 cm³/mol. The smallest absolute Gasteiger partial charge is 0.255 e. The van der Waals surface area contributed by atoms with Gasteiger partial charge < -0.3 is 15.4 Å². The molecule has 1 amide bonds. The van der Waals surface area contributed by atoms with E-state index in [2.05, 4.69) is 22.5 Å². The number of aryl methyl sites for hydroxylation is 1. The molecule has 34 heavy (non-hydrogen) atoms. The van der Waals surface area contributed by atoms with Gasteiger partial charge in [-0.05, 0) is 75.3 Å². The Kier molecular flexibility index (Phi) is 6.97. The Balaban J connectivity index is 1.76. The minimum atomic E-state index is -0.423. The molecular formula is C26H31N5O2S. The summed E-state index contributed by atoms with van der Waals surface area (Å²) in [5, 5.41) is 11.8. The zero-order valence-electron chi connectivity index (χ0n) is 20.5. The van der Waals surface area contributed by atoms with E-state index in [0.717, 1.165) is 39.6 Å². The summed E-state index contributed by atoms with van der Waals surface area (Å²) in [6, 6.07) is 13.3. The van der Waals surface area contributed by atoms with Crippen LogP contribution in [0.2, 0.25) is 0 Å². The Bertz CT molecular complexity index is 1230. The van der Waals surface area contributed by atoms with Gasteiger partial charge in [-0.1, -0.05) is 43.0 Å². The fraction of sp³-hybridized carbons (Fsp3) is 0.346. The number of aromatic nitrogens is 3. The van der Waals surface area contributed by atoms with Crippen LogP contribution in [0.15, 0.2) is 58.9 Å². The van der Waals surface area contributed by atoms with Crippen molar-refractivity contribution in [1.29, 1.82) is 0 Å². The van der Waals surface area contributed by atoms with Crippen LogP contribution in [0.1, 0.15) is 50.4 Å². The average Bonchev–Trinajstić information content (AvgIpc) is 3.18. The van der Waals surface area contributed by atoms with Gasteiger partial charge in [0.05, 0.1) is 11.7 Å². The summed E-state index contributed by atoms with van der Waals surface area (Å²) < 4.78 is 7.63. The number of amides is 1. The van der Waals surface area contributed by atoms with Crippen LogP contribution in [0.25, 0.3) is 0 Å². The van der Waals surface area contributed by atoms with E-state index in [9.17, 15) is 4.79 Å². The predicted octanol–water partition coefficient (Wildman–Crippen LogP) is 5.72. The van der Waals surface area contributed by atoms with Crippen LogP contribution in [-0.4, -0.2) is 32.5 Å². The quantitative estimate of drug-likeness (QED) is 0.424. The molecule has 2 aromatic carbocycles. The number of allylic oxidation sites excluding steroid dienone is 1. The normalized spacial score (nSPS) is 15.2. The van der Waals surface area contributed by atoms with E-state index in [1.54, 1.807) is 16.4 Å². The van der Waals surface area contributed by atoms with Crippen LogP contribution in [0.5, 0.6) is 5.75 Å². The summed E-state index contributed by atoms with van der Waals surface area (Å²) in [6.45, 7) is 12.0. The van der Waals surface area contributed by atoms with E-state index in [1.807, 2.05) is 77.1 Å². The van der Waals surface area contributed by atoms with Crippen molar-refractivity contribution in [1.82, 2.24) is 14.8 Å². The highest BCUT2D eigenvalue weighted by Gasteiger charge is 2.34. The second-order valence-electron chi connectivity index (χ2n) is 8.60. The lowest BCUT2D eigenvalue weighted by Gasteiger charge is -2.29. The monoisotopic (exact) mass is 477 g/mol. The molecule has 4 rings (SSSR count). The molecule has 0 bridgehead atoms. The number of ether oxygens (including phenoxy) is 1. The molecule has 2 N–H and O–H groups in total. The van der Waals surface area contributed by atoms with Crippen molar-refractivity contribution in [3.63, 3.8) is 0 Å². The molecule has 1 aromatic heterocycles. The number of thioether (sulfide) groups is 1. The van der Waals surface area contributed by atoms with E-state index in [-0.39, 0.29) is 12.0 Å². The van der Waals surface area contributed by atoms with E-state index < -0.39 is 6.04 Å². The first-order chi connectivity index (χ1) is 16.3. The van der Waals surface area contributed by atoms with Gasteiger partial charge in [-0.2, -0.15) is 4.98 Å². The van der Waals surface area contributed by atoms with Crippen LogP contribution in [0.4, 0.5) is 11.6 Å². The largest absolute Gasteiger partial charge is 0.491 e. The van der Waals surface area contributed by atoms with Gasteiger partial charge in [-0.3, -0.25) is 4.79 Å². The standard InChI is InChI=1S/C26H31N5O2S/c1-7-34-26-29-25-27-18(6)22(24(32)28-21-10-8-9-16(4)17(21)5)23(31(25)30-26)19-11-13-20(14-12-19)33-15(2)3/h8-15,23H,7H2,1-6H3,(H,28,32)(H,27,29,30). The molecule has 178 valence electrons. The molecule has 2 heterocycles. The van der Waals surface area contributed by atoms with Gasteiger partial charge in [0, 0.05) is 11.4 Å². The summed E-state index contributed by atoms with van der Waals surface area (Å²) in [5.74, 6) is 2.11. The van der Waals surface area contributed by atoms with E-state index in [1.165, 1.54) is 0 Å². The number of hydrogen-bond donors (Lipinski definition) is 2. The van der Waals surface area contributed by atoms with Crippen molar-refractivity contribution in [2.24, 2.45) is 0 Å². The summed E-state index contributed by atoms with van der Waals surface area (Å²) in [6.07, 6.45) is 0.0846. The number of benzene rings is 2. The molecule has 0 aliphatic carbocycles. The maximum Gasteiger partial charge on any atom is 0.255 e. The summed E-state index contributed by atoms with van der Waals surface area (Å²) >= 11 is 1.57. The fourth-order valence-corrected chi connectivity index (χ4v) is 4.56. The highest BCUT2D eigenvalue weighted by molar-refractivity contribution is 7.99. The van der Waals surface area contributed by atoms with Crippen molar-refractivity contribution in [3.8, 4) is 5.75 Å². The first-order valence-electron chi connectivity index (χ1n) is 11.5. The van der Waals surface area contributed by atoms with Gasteiger partial charge in [-0.25, -0.2) is 4.68 Å². The van der Waals surface area contributed by atoms with Gasteiger partial charge in [-0.15, -0.1) is 5.10 Å². The molecule has 7 nitrogen and oxygen atoms in total. The number of hydrogen-bond acceptors (Lipinski definition) is 6. The number of carbonyl (C=O) groups excluding carboxylic acids is 1. The molecule has 0 fully saturated rings. The fourth-order valence-electron chi connectivity index (χ4n) is 4.00. The molecule has 8 heteroatoms. The number of nitrogens with one attached hydrogen (secondary N) is 2. The third kappa shape index (κ3) is 4.82. The summed E-state index contributed by atoms with van der Waals surface area (Å²) in [5.41, 5.74) is 5.26. The molecular weight excluding hydrogens is 446 g/mol. The van der Waals surface area contributed by atoms with Crippen LogP contribution in [-0.2, 0) is 4.79 Å². The molecule has 0 radical (unpaired) electrons. The van der Waals surface area contributed by atoms with E-state index >= 15 is 0 Å². The van der Waals surface area contributed by atoms with Crippen LogP contribution < -0.4 is 15.4 Å². The van der Waals surface area contributed by atoms with Crippen LogP contribution >= 0.6 is 11.8 Å². The molecule has 0 spiro atoms. The molecule has 0 saturated heterocycles. The number of rotatable bonds is 7. The Morgan fingerprint density at radius 3 is 2.59 bits per heavy atom. The third-order valence-electron chi connectivity index (χ3n) is 5.77. The minimum Gasteiger partial charge on any atom is -0.491 e. The Hall–Kier alpha value is -3.26. The zero-order chi connectivity index (χ0) is 24.4. The van der Waals surface area contributed by atoms with E-state index in [0.29, 0.717) is 16.7 Å². The van der Waals surface area contributed by atoms with Crippen molar-refractivity contribution in [2.45, 2.75) is 58.8 Å². The maximum absolute atomic E-state index is 13.7. The molecule has 1 unspecified atom stereocenters. The Morgan fingerprint density at radius 2 is 1.91 bits per heavy atom. The number of nitrogens with zero attached hydrogens (tertiary/aromatic N) is 3. The molecule has 1 aliphatic heterocycles. The maximum atomic E-state index is 13.7. The van der Waals surface area contributed by atoms with Crippen molar-refractivity contribution < 1.29 is 9.53 Å². The molecule has 3 aromatic rings. The van der Waals surface area contributed by atoms with Gasteiger partial charge in [0.1, 0.15) is 11.8 Å². The lowest BCUT2D eigenvalue weighted by Crippen LogP contribution is -2.31. The second-order valence-corrected chi connectivity index (χ2v) is 9.83. The number of carbonyl (C=O) groups is 1. The van der Waals surface area contributed by atoms with Crippen molar-refractivity contribution >= 4 is 29.3 Å². The molecule has 0 saturated carbocycles. The summed E-state index contributed by atoms with van der Waals surface area (Å²) in [7, 11) is 0. The van der Waals surface area contributed by atoms with Gasteiger partial charge in [0.25, 0.3) is 5.91 Å². The van der Waals surface area contributed by atoms with Gasteiger partial charge in [0.2, 0.25) is 11.1 Å². The summed E-state index contributed by atoms with van der Waals surface area (Å²) in [4.78, 5) is 18.3. The number of anilines is 2. The highest BCUT2D eigenvalue weighted by Crippen LogP contribution is 2.37. The van der Waals surface area contributed by atoms with E-state index in [4.69, 9.17) is 9.84 Å². The first-order valence-corrected chi connectivity index (χ1v) is 12.5. The lowest BCUT2D eigenvalue weighted by atomic mass is 9.94. The van der Waals surface area contributed by atoms with Gasteiger partial charge in [0.15, 0.2) is 0 Å². The Labute approximate surface area is 205 Å². The second kappa shape index (κ2) is 9.93. The van der Waals surface area contributed by atoms with Crippen LogP contribution in [0, 0.1) is 13.8 Å².